The highest BCUT2D eigenvalue weighted by atomic mass is 19.4. The van der Waals surface area contributed by atoms with Crippen molar-refractivity contribution in [3.8, 4) is 17.6 Å². The number of hydrogen-bond donors (Lipinski definition) is 1. The van der Waals surface area contributed by atoms with Crippen molar-refractivity contribution in [2.45, 2.75) is 45.2 Å². The van der Waals surface area contributed by atoms with Crippen LogP contribution in [-0.4, -0.2) is 24.1 Å². The van der Waals surface area contributed by atoms with E-state index in [1.165, 1.54) is 18.2 Å². The van der Waals surface area contributed by atoms with Crippen molar-refractivity contribution in [2.75, 3.05) is 13.2 Å². The van der Waals surface area contributed by atoms with Gasteiger partial charge in [-0.25, -0.2) is 0 Å². The van der Waals surface area contributed by atoms with Gasteiger partial charge >= 0.3 is 6.18 Å². The molecule has 0 atom stereocenters. The molecule has 8 heteroatoms. The fourth-order valence-electron chi connectivity index (χ4n) is 4.76. The van der Waals surface area contributed by atoms with Gasteiger partial charge in [-0.05, 0) is 66.1 Å². The lowest BCUT2D eigenvalue weighted by Gasteiger charge is -2.39. The fraction of sp³-hybridized carbons (Fsp3) is 0.385. The molecule has 1 fully saturated rings. The number of aliphatic hydroxyl groups is 1. The lowest BCUT2D eigenvalue weighted by molar-refractivity contribution is -0.138. The number of rotatable bonds is 4. The summed E-state index contributed by atoms with van der Waals surface area (Å²) in [5.41, 5.74) is -0.0625. The van der Waals surface area contributed by atoms with E-state index in [4.69, 9.17) is 14.7 Å². The zero-order chi connectivity index (χ0) is 24.5. The van der Waals surface area contributed by atoms with Gasteiger partial charge in [-0.1, -0.05) is 13.0 Å². The molecule has 1 aliphatic carbocycles. The SMILES string of the molecule is CCc1ccc(Oc2ccc(C#N)cc2C(F)(F)F)cc1C1=C(O)CC2(CCOCC2)CC1=O. The van der Waals surface area contributed by atoms with Gasteiger partial charge < -0.3 is 14.6 Å². The van der Waals surface area contributed by atoms with Crippen LogP contribution in [0.2, 0.25) is 0 Å². The molecule has 34 heavy (non-hydrogen) atoms. The van der Waals surface area contributed by atoms with E-state index in [-0.39, 0.29) is 40.3 Å². The summed E-state index contributed by atoms with van der Waals surface area (Å²) in [6, 6.07) is 9.51. The molecule has 2 aromatic rings. The van der Waals surface area contributed by atoms with Crippen LogP contribution >= 0.6 is 0 Å². The molecule has 0 unspecified atom stereocenters. The van der Waals surface area contributed by atoms with Crippen molar-refractivity contribution in [3.63, 3.8) is 0 Å². The van der Waals surface area contributed by atoms with Crippen molar-refractivity contribution in [1.29, 1.82) is 5.26 Å². The summed E-state index contributed by atoms with van der Waals surface area (Å²) in [6.07, 6.45) is -2.12. The van der Waals surface area contributed by atoms with Gasteiger partial charge in [-0.15, -0.1) is 0 Å². The van der Waals surface area contributed by atoms with E-state index in [2.05, 4.69) is 0 Å². The van der Waals surface area contributed by atoms with Crippen LogP contribution in [0.4, 0.5) is 13.2 Å². The van der Waals surface area contributed by atoms with Gasteiger partial charge in [0.25, 0.3) is 0 Å². The smallest absolute Gasteiger partial charge is 0.420 e. The summed E-state index contributed by atoms with van der Waals surface area (Å²) in [7, 11) is 0. The Hall–Kier alpha value is -3.31. The number of allylic oxidation sites excluding steroid dienone is 2. The Morgan fingerprint density at radius 1 is 1.15 bits per heavy atom. The van der Waals surface area contributed by atoms with Gasteiger partial charge in [0.15, 0.2) is 5.78 Å². The van der Waals surface area contributed by atoms with Crippen molar-refractivity contribution in [1.82, 2.24) is 0 Å². The highest BCUT2D eigenvalue weighted by Crippen LogP contribution is 2.47. The number of carbonyl (C=O) groups is 1. The normalized spacial score (nSPS) is 18.1. The molecule has 1 saturated heterocycles. The average molecular weight is 471 g/mol. The standard InChI is InChI=1S/C26H24F3NO4/c1-2-17-4-5-18(34-23-6-3-16(15-30)11-20(23)26(27,28)29)12-19(17)24-21(31)13-25(14-22(24)32)7-9-33-10-8-25/h3-6,11-12,31H,2,7-10,13-14H2,1H3. The van der Waals surface area contributed by atoms with E-state index in [0.29, 0.717) is 44.5 Å². The first kappa shape index (κ1) is 23.8. The Bertz CT molecular complexity index is 1190. The molecule has 0 amide bonds. The molecule has 4 rings (SSSR count). The maximum atomic E-state index is 13.5. The molecule has 2 aliphatic rings. The van der Waals surface area contributed by atoms with Crippen LogP contribution in [0.3, 0.4) is 0 Å². The minimum atomic E-state index is -4.72. The van der Waals surface area contributed by atoms with E-state index in [1.54, 1.807) is 12.1 Å². The van der Waals surface area contributed by atoms with Crippen LogP contribution in [-0.2, 0) is 22.1 Å². The second kappa shape index (κ2) is 9.15. The summed E-state index contributed by atoms with van der Waals surface area (Å²) < 4.78 is 51.6. The minimum absolute atomic E-state index is 0.000598. The third-order valence-corrected chi connectivity index (χ3v) is 6.57. The molecular weight excluding hydrogens is 447 g/mol. The molecule has 178 valence electrons. The average Bonchev–Trinajstić information content (AvgIpc) is 2.79. The number of aryl methyl sites for hydroxylation is 1. The van der Waals surface area contributed by atoms with Crippen LogP contribution in [0.5, 0.6) is 11.5 Å². The van der Waals surface area contributed by atoms with Crippen molar-refractivity contribution in [2.24, 2.45) is 5.41 Å². The van der Waals surface area contributed by atoms with Gasteiger partial charge in [0, 0.05) is 26.1 Å². The molecule has 1 N–H and O–H groups in total. The predicted molar refractivity (Wildman–Crippen MR) is 118 cm³/mol. The quantitative estimate of drug-likeness (QED) is 0.561. The molecule has 1 spiro atoms. The number of alkyl halides is 3. The molecule has 0 radical (unpaired) electrons. The van der Waals surface area contributed by atoms with Crippen LogP contribution < -0.4 is 4.74 Å². The Labute approximate surface area is 195 Å². The lowest BCUT2D eigenvalue weighted by atomic mass is 9.67. The number of benzene rings is 2. The van der Waals surface area contributed by atoms with Crippen LogP contribution in [0, 0.1) is 16.7 Å². The topological polar surface area (TPSA) is 79.6 Å². The second-order valence-electron chi connectivity index (χ2n) is 8.81. The summed E-state index contributed by atoms with van der Waals surface area (Å²) >= 11 is 0. The Kier molecular flexibility index (Phi) is 6.41. The van der Waals surface area contributed by atoms with Gasteiger partial charge in [0.1, 0.15) is 17.3 Å². The number of halogens is 3. The molecule has 0 saturated carbocycles. The second-order valence-corrected chi connectivity index (χ2v) is 8.81. The maximum Gasteiger partial charge on any atom is 0.420 e. The summed E-state index contributed by atoms with van der Waals surface area (Å²) in [6.45, 7) is 2.99. The number of hydrogen-bond acceptors (Lipinski definition) is 5. The lowest BCUT2D eigenvalue weighted by Crippen LogP contribution is -2.36. The van der Waals surface area contributed by atoms with Gasteiger partial charge in [0.2, 0.25) is 0 Å². The van der Waals surface area contributed by atoms with E-state index >= 15 is 0 Å². The number of carbonyl (C=O) groups excluding carboxylic acids is 1. The monoisotopic (exact) mass is 471 g/mol. The predicted octanol–water partition coefficient (Wildman–Crippen LogP) is 6.36. The molecule has 5 nitrogen and oxygen atoms in total. The maximum absolute atomic E-state index is 13.5. The number of nitriles is 1. The highest BCUT2D eigenvalue weighted by Gasteiger charge is 2.42. The number of Topliss-reactive ketones (excluding diaryl/α,β-unsaturated/α-hetero) is 1. The van der Waals surface area contributed by atoms with Crippen LogP contribution in [0.1, 0.15) is 54.9 Å². The minimum Gasteiger partial charge on any atom is -0.512 e. The zero-order valence-corrected chi connectivity index (χ0v) is 18.7. The van der Waals surface area contributed by atoms with Crippen LogP contribution in [0.15, 0.2) is 42.2 Å². The first-order valence-corrected chi connectivity index (χ1v) is 11.1. The first-order valence-electron chi connectivity index (χ1n) is 11.1. The summed E-state index contributed by atoms with van der Waals surface area (Å²) in [5.74, 6) is -0.538. The van der Waals surface area contributed by atoms with E-state index in [1.807, 2.05) is 6.92 Å². The van der Waals surface area contributed by atoms with E-state index in [0.717, 1.165) is 17.7 Å². The molecule has 1 aliphatic heterocycles. The zero-order valence-electron chi connectivity index (χ0n) is 18.7. The Balaban J connectivity index is 1.72. The van der Waals surface area contributed by atoms with Crippen LogP contribution in [0.25, 0.3) is 5.57 Å². The Morgan fingerprint density at radius 3 is 2.50 bits per heavy atom. The summed E-state index contributed by atoms with van der Waals surface area (Å²) in [5, 5.41) is 19.9. The van der Waals surface area contributed by atoms with Crippen molar-refractivity contribution in [3.05, 3.63) is 64.4 Å². The van der Waals surface area contributed by atoms with E-state index < -0.39 is 17.5 Å². The van der Waals surface area contributed by atoms with Crippen molar-refractivity contribution >= 4 is 11.4 Å². The third-order valence-electron chi connectivity index (χ3n) is 6.57. The third kappa shape index (κ3) is 4.66. The number of ether oxygens (including phenoxy) is 2. The van der Waals surface area contributed by atoms with Crippen molar-refractivity contribution < 1.29 is 32.5 Å². The van der Waals surface area contributed by atoms with Gasteiger partial charge in [-0.3, -0.25) is 4.79 Å². The summed E-state index contributed by atoms with van der Waals surface area (Å²) in [4.78, 5) is 13.2. The first-order chi connectivity index (χ1) is 16.2. The molecule has 0 bridgehead atoms. The molecule has 1 heterocycles. The fourth-order valence-corrected chi connectivity index (χ4v) is 4.76. The largest absolute Gasteiger partial charge is 0.512 e. The van der Waals surface area contributed by atoms with Gasteiger partial charge in [0.05, 0.1) is 22.8 Å². The van der Waals surface area contributed by atoms with E-state index in [9.17, 15) is 23.1 Å². The Morgan fingerprint density at radius 2 is 1.88 bits per heavy atom. The number of nitrogens with zero attached hydrogens (tertiary/aromatic N) is 1. The number of aliphatic hydroxyl groups excluding tert-OH is 1. The number of ketones is 1. The molecule has 0 aromatic heterocycles. The molecular formula is C26H24F3NO4. The molecule has 2 aromatic carbocycles. The highest BCUT2D eigenvalue weighted by molar-refractivity contribution is 6.22. The van der Waals surface area contributed by atoms with Gasteiger partial charge in [-0.2, -0.15) is 18.4 Å².